The van der Waals surface area contributed by atoms with Gasteiger partial charge in [-0.2, -0.15) is 0 Å². The van der Waals surface area contributed by atoms with E-state index in [0.717, 1.165) is 5.69 Å². The van der Waals surface area contributed by atoms with Gasteiger partial charge in [-0.15, -0.1) is 0 Å². The Morgan fingerprint density at radius 3 is 2.81 bits per heavy atom. The van der Waals surface area contributed by atoms with E-state index in [9.17, 15) is 9.59 Å². The van der Waals surface area contributed by atoms with Gasteiger partial charge in [-0.25, -0.2) is 0 Å². The third kappa shape index (κ3) is 2.94. The van der Waals surface area contributed by atoms with Gasteiger partial charge in [-0.3, -0.25) is 9.59 Å². The van der Waals surface area contributed by atoms with Crippen molar-refractivity contribution in [1.82, 2.24) is 10.2 Å². The van der Waals surface area contributed by atoms with Crippen LogP contribution in [0.15, 0.2) is 18.2 Å². The Kier molecular flexibility index (Phi) is 4.35. The summed E-state index contributed by atoms with van der Waals surface area (Å²) in [4.78, 5) is 27.6. The van der Waals surface area contributed by atoms with Crippen LogP contribution >= 0.6 is 0 Å². The number of nitrogens with zero attached hydrogens (tertiary/aromatic N) is 2. The van der Waals surface area contributed by atoms with Crippen LogP contribution in [0.5, 0.6) is 0 Å². The lowest BCUT2D eigenvalue weighted by Gasteiger charge is -2.37. The number of benzene rings is 1. The lowest BCUT2D eigenvalue weighted by Crippen LogP contribution is -2.55. The third-order valence-corrected chi connectivity index (χ3v) is 3.71. The summed E-state index contributed by atoms with van der Waals surface area (Å²) < 4.78 is 0. The molecule has 0 radical (unpaired) electrons. The average molecular weight is 290 g/mol. The van der Waals surface area contributed by atoms with E-state index >= 15 is 0 Å². The second-order valence-electron chi connectivity index (χ2n) is 5.38. The summed E-state index contributed by atoms with van der Waals surface area (Å²) in [7, 11) is 3.42. The number of hydrogen-bond acceptors (Lipinski definition) is 4. The zero-order chi connectivity index (χ0) is 15.6. The molecule has 1 unspecified atom stereocenters. The van der Waals surface area contributed by atoms with E-state index in [4.69, 9.17) is 5.73 Å². The van der Waals surface area contributed by atoms with Crippen LogP contribution in [0.1, 0.15) is 23.7 Å². The lowest BCUT2D eigenvalue weighted by molar-refractivity contribution is -0.123. The molecule has 1 atom stereocenters. The average Bonchev–Trinajstić information content (AvgIpc) is 2.46. The fourth-order valence-corrected chi connectivity index (χ4v) is 2.59. The van der Waals surface area contributed by atoms with Crippen LogP contribution in [0.4, 0.5) is 11.4 Å². The van der Waals surface area contributed by atoms with Crippen molar-refractivity contribution < 1.29 is 9.59 Å². The summed E-state index contributed by atoms with van der Waals surface area (Å²) in [6, 6.07) is 4.97. The minimum atomic E-state index is -0.245. The summed E-state index contributed by atoms with van der Waals surface area (Å²) in [5, 5.41) is 2.86. The molecule has 1 aromatic carbocycles. The van der Waals surface area contributed by atoms with E-state index in [1.807, 2.05) is 11.8 Å². The molecule has 0 aliphatic carbocycles. The van der Waals surface area contributed by atoms with Crippen LogP contribution in [-0.2, 0) is 4.79 Å². The predicted octanol–water partition coefficient (Wildman–Crippen LogP) is 0.685. The van der Waals surface area contributed by atoms with E-state index in [-0.39, 0.29) is 17.9 Å². The van der Waals surface area contributed by atoms with Crippen LogP contribution in [0.2, 0.25) is 0 Å². The van der Waals surface area contributed by atoms with Gasteiger partial charge < -0.3 is 20.9 Å². The highest BCUT2D eigenvalue weighted by Gasteiger charge is 2.29. The zero-order valence-electron chi connectivity index (χ0n) is 12.7. The predicted molar refractivity (Wildman–Crippen MR) is 83.3 cm³/mol. The van der Waals surface area contributed by atoms with Gasteiger partial charge in [0.25, 0.3) is 5.91 Å². The molecule has 1 heterocycles. The number of hydrogen-bond donors (Lipinski definition) is 2. The molecule has 1 saturated heterocycles. The summed E-state index contributed by atoms with van der Waals surface area (Å²) in [5.74, 6) is -0.0711. The Labute approximate surface area is 124 Å². The fourth-order valence-electron chi connectivity index (χ4n) is 2.59. The van der Waals surface area contributed by atoms with Crippen molar-refractivity contribution in [3.63, 3.8) is 0 Å². The molecule has 2 rings (SSSR count). The first-order valence-electron chi connectivity index (χ1n) is 7.11. The summed E-state index contributed by atoms with van der Waals surface area (Å²) >= 11 is 0. The molecule has 6 heteroatoms. The molecule has 21 heavy (non-hydrogen) atoms. The summed E-state index contributed by atoms with van der Waals surface area (Å²) in [5.41, 5.74) is 7.97. The van der Waals surface area contributed by atoms with Crippen molar-refractivity contribution in [3.8, 4) is 0 Å². The van der Waals surface area contributed by atoms with Gasteiger partial charge in [0, 0.05) is 32.7 Å². The molecule has 1 aliphatic rings. The maximum Gasteiger partial charge on any atom is 0.253 e. The van der Waals surface area contributed by atoms with Crippen LogP contribution in [0.25, 0.3) is 0 Å². The number of nitrogen functional groups attached to an aromatic ring is 1. The third-order valence-electron chi connectivity index (χ3n) is 3.71. The van der Waals surface area contributed by atoms with Crippen molar-refractivity contribution >= 4 is 23.2 Å². The maximum atomic E-state index is 12.1. The summed E-state index contributed by atoms with van der Waals surface area (Å²) in [6.07, 6.45) is 0.692. The number of rotatable bonds is 3. The van der Waals surface area contributed by atoms with Gasteiger partial charge in [0.15, 0.2) is 0 Å². The molecule has 6 nitrogen and oxygen atoms in total. The Balaban J connectivity index is 2.40. The number of anilines is 2. The van der Waals surface area contributed by atoms with Gasteiger partial charge >= 0.3 is 0 Å². The summed E-state index contributed by atoms with van der Waals surface area (Å²) in [6.45, 7) is 3.24. The van der Waals surface area contributed by atoms with Crippen LogP contribution < -0.4 is 16.0 Å². The molecular formula is C15H22N4O2. The molecular weight excluding hydrogens is 268 g/mol. The van der Waals surface area contributed by atoms with Gasteiger partial charge in [-0.05, 0) is 24.6 Å². The SMILES string of the molecule is CCC1C(=O)NCCN1c1cc(C(=O)N(C)C)ccc1N. The Morgan fingerprint density at radius 2 is 2.19 bits per heavy atom. The van der Waals surface area contributed by atoms with E-state index in [1.54, 1.807) is 32.3 Å². The fraction of sp³-hybridized carbons (Fsp3) is 0.467. The topological polar surface area (TPSA) is 78.7 Å². The highest BCUT2D eigenvalue weighted by Crippen LogP contribution is 2.28. The number of piperazine rings is 1. The molecule has 0 aromatic heterocycles. The van der Waals surface area contributed by atoms with Crippen molar-refractivity contribution in [2.45, 2.75) is 19.4 Å². The van der Waals surface area contributed by atoms with Crippen LogP contribution in [-0.4, -0.2) is 49.9 Å². The second kappa shape index (κ2) is 6.03. The van der Waals surface area contributed by atoms with Crippen LogP contribution in [0.3, 0.4) is 0 Å². The molecule has 0 saturated carbocycles. The maximum absolute atomic E-state index is 12.1. The number of carbonyl (C=O) groups is 2. The van der Waals surface area contributed by atoms with Gasteiger partial charge in [-0.1, -0.05) is 6.92 Å². The monoisotopic (exact) mass is 290 g/mol. The minimum absolute atomic E-state index is 0.00693. The molecule has 0 spiro atoms. The Morgan fingerprint density at radius 1 is 1.48 bits per heavy atom. The molecule has 3 N–H and O–H groups in total. The molecule has 1 fully saturated rings. The molecule has 0 bridgehead atoms. The van der Waals surface area contributed by atoms with Gasteiger partial charge in [0.2, 0.25) is 5.91 Å². The molecule has 1 aromatic rings. The van der Waals surface area contributed by atoms with Crippen molar-refractivity contribution in [2.24, 2.45) is 0 Å². The first-order valence-corrected chi connectivity index (χ1v) is 7.11. The highest BCUT2D eigenvalue weighted by atomic mass is 16.2. The molecule has 1 aliphatic heterocycles. The van der Waals surface area contributed by atoms with Crippen molar-refractivity contribution in [3.05, 3.63) is 23.8 Å². The van der Waals surface area contributed by atoms with E-state index in [0.29, 0.717) is 30.8 Å². The normalized spacial score (nSPS) is 18.3. The smallest absolute Gasteiger partial charge is 0.253 e. The van der Waals surface area contributed by atoms with E-state index in [2.05, 4.69) is 5.32 Å². The van der Waals surface area contributed by atoms with Crippen LogP contribution in [0, 0.1) is 0 Å². The van der Waals surface area contributed by atoms with Gasteiger partial charge in [0.1, 0.15) is 6.04 Å². The largest absolute Gasteiger partial charge is 0.397 e. The number of carbonyl (C=O) groups excluding carboxylic acids is 2. The number of amides is 2. The van der Waals surface area contributed by atoms with Crippen molar-refractivity contribution in [1.29, 1.82) is 0 Å². The van der Waals surface area contributed by atoms with Gasteiger partial charge in [0.05, 0.1) is 11.4 Å². The minimum Gasteiger partial charge on any atom is -0.397 e. The number of nitrogens with two attached hydrogens (primary N) is 1. The number of nitrogens with one attached hydrogen (secondary N) is 1. The van der Waals surface area contributed by atoms with E-state index < -0.39 is 0 Å². The van der Waals surface area contributed by atoms with E-state index in [1.165, 1.54) is 4.90 Å². The second-order valence-corrected chi connectivity index (χ2v) is 5.38. The molecule has 2 amide bonds. The standard InChI is InChI=1S/C15H22N4O2/c1-4-12-14(20)17-7-8-19(12)13-9-10(5-6-11(13)16)15(21)18(2)3/h5-6,9,12H,4,7-8,16H2,1-3H3,(H,17,20). The Bertz CT molecular complexity index is 557. The Hall–Kier alpha value is -2.24. The zero-order valence-corrected chi connectivity index (χ0v) is 12.7. The van der Waals surface area contributed by atoms with Crippen molar-refractivity contribution in [2.75, 3.05) is 37.8 Å². The highest BCUT2D eigenvalue weighted by molar-refractivity contribution is 5.96. The lowest BCUT2D eigenvalue weighted by atomic mass is 10.1. The molecule has 114 valence electrons. The first kappa shape index (κ1) is 15.2. The first-order chi connectivity index (χ1) is 9.95. The quantitative estimate of drug-likeness (QED) is 0.803.